The van der Waals surface area contributed by atoms with Crippen LogP contribution in [0.1, 0.15) is 40.0 Å². The number of ether oxygens (including phenoxy) is 3. The minimum Gasteiger partial charge on any atom is -0.469 e. The average molecular weight is 332 g/mol. The summed E-state index contributed by atoms with van der Waals surface area (Å²) in [6.07, 6.45) is 0.593. The first-order chi connectivity index (χ1) is 10.9. The zero-order chi connectivity index (χ0) is 17.8. The summed E-state index contributed by atoms with van der Waals surface area (Å²) in [6.45, 7) is 9.15. The lowest BCUT2D eigenvalue weighted by Crippen LogP contribution is -2.34. The fraction of sp³-hybridized carbons (Fsp3) is 0.750. The first-order valence-electron chi connectivity index (χ1n) is 7.71. The number of esters is 2. The van der Waals surface area contributed by atoms with E-state index in [4.69, 9.17) is 24.0 Å². The Bertz CT molecular complexity index is 381. The van der Waals surface area contributed by atoms with Crippen LogP contribution in [0.4, 0.5) is 0 Å². The number of hydrogen-bond acceptors (Lipinski definition) is 7. The first kappa shape index (κ1) is 21.6. The molecule has 0 aromatic heterocycles. The minimum absolute atomic E-state index is 0.116. The van der Waals surface area contributed by atoms with Crippen LogP contribution in [0.25, 0.3) is 0 Å². The molecule has 0 aromatic rings. The third-order valence-electron chi connectivity index (χ3n) is 3.26. The van der Waals surface area contributed by atoms with E-state index in [1.165, 1.54) is 14.2 Å². The van der Waals surface area contributed by atoms with Crippen molar-refractivity contribution in [2.24, 2.45) is 5.92 Å². The van der Waals surface area contributed by atoms with Gasteiger partial charge < -0.3 is 14.2 Å². The molecule has 0 spiro atoms. The minimum atomic E-state index is -0.938. The van der Waals surface area contributed by atoms with E-state index in [1.807, 2.05) is 6.92 Å². The predicted octanol–water partition coefficient (Wildman–Crippen LogP) is 2.39. The maximum Gasteiger partial charge on any atom is 0.336 e. The summed E-state index contributed by atoms with van der Waals surface area (Å²) in [5, 5.41) is 0. The van der Waals surface area contributed by atoms with E-state index in [1.54, 1.807) is 13.8 Å². The number of carbonyl (C=O) groups is 2. The Morgan fingerprint density at radius 1 is 1.13 bits per heavy atom. The molecule has 23 heavy (non-hydrogen) atoms. The molecule has 0 saturated heterocycles. The topological polar surface area (TPSA) is 80.3 Å². The Morgan fingerprint density at radius 3 is 2.26 bits per heavy atom. The highest BCUT2D eigenvalue weighted by Gasteiger charge is 2.31. The van der Waals surface area contributed by atoms with Gasteiger partial charge in [0.15, 0.2) is 0 Å². The summed E-state index contributed by atoms with van der Waals surface area (Å²) in [6, 6.07) is 0. The van der Waals surface area contributed by atoms with E-state index in [0.29, 0.717) is 6.42 Å². The fourth-order valence-electron chi connectivity index (χ4n) is 1.80. The van der Waals surface area contributed by atoms with Crippen molar-refractivity contribution in [1.82, 2.24) is 0 Å². The Morgan fingerprint density at radius 2 is 1.78 bits per heavy atom. The SMILES string of the molecule is C=C(C(=O)OCC)C(C)OOC(OC)C(CCCC)C(=O)OC. The molecule has 0 heterocycles. The molecule has 0 fully saturated rings. The summed E-state index contributed by atoms with van der Waals surface area (Å²) in [4.78, 5) is 33.8. The molecule has 134 valence electrons. The number of unbranched alkanes of at least 4 members (excludes halogenated alkanes) is 1. The highest BCUT2D eigenvalue weighted by atomic mass is 17.2. The van der Waals surface area contributed by atoms with Crippen molar-refractivity contribution in [1.29, 1.82) is 0 Å². The van der Waals surface area contributed by atoms with Gasteiger partial charge in [-0.15, -0.1) is 0 Å². The molecule has 7 heteroatoms. The van der Waals surface area contributed by atoms with Gasteiger partial charge in [0.1, 0.15) is 12.0 Å². The Hall–Kier alpha value is -1.44. The normalized spacial score (nSPS) is 14.7. The van der Waals surface area contributed by atoms with Gasteiger partial charge in [0.2, 0.25) is 6.29 Å². The summed E-state index contributed by atoms with van der Waals surface area (Å²) < 4.78 is 14.8. The molecule has 0 saturated carbocycles. The van der Waals surface area contributed by atoms with Crippen LogP contribution in [0.3, 0.4) is 0 Å². The maximum atomic E-state index is 11.9. The van der Waals surface area contributed by atoms with Gasteiger partial charge in [0.05, 0.1) is 19.3 Å². The van der Waals surface area contributed by atoms with E-state index >= 15 is 0 Å². The van der Waals surface area contributed by atoms with Gasteiger partial charge in [0.25, 0.3) is 0 Å². The molecule has 0 radical (unpaired) electrons. The smallest absolute Gasteiger partial charge is 0.336 e. The highest BCUT2D eigenvalue weighted by Crippen LogP contribution is 2.20. The number of rotatable bonds is 12. The first-order valence-corrected chi connectivity index (χ1v) is 7.71. The lowest BCUT2D eigenvalue weighted by molar-refractivity contribution is -0.396. The van der Waals surface area contributed by atoms with Gasteiger partial charge >= 0.3 is 11.9 Å². The van der Waals surface area contributed by atoms with Crippen molar-refractivity contribution in [3.8, 4) is 0 Å². The number of methoxy groups -OCH3 is 2. The van der Waals surface area contributed by atoms with Crippen LogP contribution in [0.15, 0.2) is 12.2 Å². The van der Waals surface area contributed by atoms with Gasteiger partial charge in [-0.3, -0.25) is 4.79 Å². The third kappa shape index (κ3) is 7.58. The molecule has 3 atom stereocenters. The number of hydrogen-bond donors (Lipinski definition) is 0. The Labute approximate surface area is 137 Å². The average Bonchev–Trinajstić information content (AvgIpc) is 2.56. The van der Waals surface area contributed by atoms with Crippen LogP contribution in [-0.4, -0.2) is 45.2 Å². The molecule has 0 aromatic carbocycles. The summed E-state index contributed by atoms with van der Waals surface area (Å²) in [5.74, 6) is -1.62. The molecule has 0 bridgehead atoms. The van der Waals surface area contributed by atoms with Crippen LogP contribution >= 0.6 is 0 Å². The van der Waals surface area contributed by atoms with Crippen molar-refractivity contribution >= 4 is 11.9 Å². The van der Waals surface area contributed by atoms with Crippen molar-refractivity contribution < 1.29 is 33.6 Å². The Kier molecular flexibility index (Phi) is 11.3. The summed E-state index contributed by atoms with van der Waals surface area (Å²) >= 11 is 0. The molecule has 7 nitrogen and oxygen atoms in total. The molecular weight excluding hydrogens is 304 g/mol. The van der Waals surface area contributed by atoms with Crippen molar-refractivity contribution in [3.63, 3.8) is 0 Å². The summed E-state index contributed by atoms with van der Waals surface area (Å²) in [7, 11) is 2.71. The molecular formula is C16H28O7. The number of carbonyl (C=O) groups excluding carboxylic acids is 2. The molecule has 0 aliphatic carbocycles. The second-order valence-electron chi connectivity index (χ2n) is 4.96. The maximum absolute atomic E-state index is 11.9. The monoisotopic (exact) mass is 332 g/mol. The fourth-order valence-corrected chi connectivity index (χ4v) is 1.80. The Balaban J connectivity index is 4.68. The highest BCUT2D eigenvalue weighted by molar-refractivity contribution is 5.88. The lowest BCUT2D eigenvalue weighted by atomic mass is 10.0. The second kappa shape index (κ2) is 12.0. The molecule has 0 aliphatic rings. The van der Waals surface area contributed by atoms with E-state index in [0.717, 1.165) is 12.8 Å². The van der Waals surface area contributed by atoms with Crippen molar-refractivity contribution in [2.45, 2.75) is 52.4 Å². The van der Waals surface area contributed by atoms with Gasteiger partial charge in [-0.2, -0.15) is 0 Å². The predicted molar refractivity (Wildman–Crippen MR) is 83.2 cm³/mol. The molecule has 0 amide bonds. The van der Waals surface area contributed by atoms with Crippen LogP contribution < -0.4 is 0 Å². The van der Waals surface area contributed by atoms with E-state index in [9.17, 15) is 9.59 Å². The zero-order valence-corrected chi connectivity index (χ0v) is 14.6. The largest absolute Gasteiger partial charge is 0.469 e. The van der Waals surface area contributed by atoms with Gasteiger partial charge in [-0.1, -0.05) is 26.3 Å². The quantitative estimate of drug-likeness (QED) is 0.178. The molecule has 0 aliphatic heterocycles. The van der Waals surface area contributed by atoms with Crippen LogP contribution in [0, 0.1) is 5.92 Å². The van der Waals surface area contributed by atoms with Crippen LogP contribution in [-0.2, 0) is 33.6 Å². The van der Waals surface area contributed by atoms with Gasteiger partial charge in [-0.05, 0) is 20.3 Å². The van der Waals surface area contributed by atoms with Crippen molar-refractivity contribution in [3.05, 3.63) is 12.2 Å². The molecule has 0 N–H and O–H groups in total. The lowest BCUT2D eigenvalue weighted by Gasteiger charge is -2.24. The molecule has 3 unspecified atom stereocenters. The molecule has 0 rings (SSSR count). The van der Waals surface area contributed by atoms with E-state index in [2.05, 4.69) is 6.58 Å². The summed E-state index contributed by atoms with van der Waals surface area (Å²) in [5.41, 5.74) is 0.116. The van der Waals surface area contributed by atoms with E-state index in [-0.39, 0.29) is 12.2 Å². The standard InChI is InChI=1S/C16H28O7/c1-7-9-10-13(15(18)19-5)16(20-6)23-22-12(4)11(3)14(17)21-8-2/h12-13,16H,3,7-10H2,1-2,4-6H3. The zero-order valence-electron chi connectivity index (χ0n) is 14.6. The third-order valence-corrected chi connectivity index (χ3v) is 3.26. The van der Waals surface area contributed by atoms with E-state index < -0.39 is 30.3 Å². The van der Waals surface area contributed by atoms with Crippen molar-refractivity contribution in [2.75, 3.05) is 20.8 Å². The van der Waals surface area contributed by atoms with Gasteiger partial charge in [0, 0.05) is 7.11 Å². The van der Waals surface area contributed by atoms with Gasteiger partial charge in [-0.25, -0.2) is 14.6 Å². The van der Waals surface area contributed by atoms with Crippen LogP contribution in [0.2, 0.25) is 0 Å². The second-order valence-corrected chi connectivity index (χ2v) is 4.96. The van der Waals surface area contributed by atoms with Crippen LogP contribution in [0.5, 0.6) is 0 Å².